The molecule has 1 N–H and O–H groups in total. The minimum Gasteiger partial charge on any atom is -0.355 e. The van der Waals surface area contributed by atoms with Crippen LogP contribution in [0.3, 0.4) is 0 Å². The topological polar surface area (TPSA) is 37.4 Å². The Balaban J connectivity index is 1.41. The van der Waals surface area contributed by atoms with Crippen molar-refractivity contribution in [1.82, 2.24) is 24.9 Å². The summed E-state index contributed by atoms with van der Waals surface area (Å²) in [4.78, 5) is 14.5. The number of likely N-dealkylation sites (N-methyl/N-ethyl adjacent to an activating group) is 1. The zero-order chi connectivity index (χ0) is 19.1. The highest BCUT2D eigenvalue weighted by Crippen LogP contribution is 2.09. The summed E-state index contributed by atoms with van der Waals surface area (Å²) < 4.78 is 0. The standard InChI is InChI=1S/C21H36N6/c1-19(26-13-9-24(3)10-14-26)17-23-21(22-2)27-15-11-25(12-16-27)18-20-7-5-4-6-8-20/h4-8,19H,9-18H2,1-3H3,(H,22,23). The molecule has 2 heterocycles. The lowest BCUT2D eigenvalue weighted by atomic mass is 10.2. The van der Waals surface area contributed by atoms with Gasteiger partial charge in [-0.1, -0.05) is 30.3 Å². The quantitative estimate of drug-likeness (QED) is 0.617. The normalized spacial score (nSPS) is 22.0. The van der Waals surface area contributed by atoms with Gasteiger partial charge in [0.1, 0.15) is 0 Å². The summed E-state index contributed by atoms with van der Waals surface area (Å²) in [5.74, 6) is 1.05. The molecule has 0 amide bonds. The van der Waals surface area contributed by atoms with Crippen molar-refractivity contribution in [2.75, 3.05) is 73.0 Å². The van der Waals surface area contributed by atoms with E-state index >= 15 is 0 Å². The first-order chi connectivity index (χ1) is 13.2. The molecule has 150 valence electrons. The van der Waals surface area contributed by atoms with Gasteiger partial charge in [0.25, 0.3) is 0 Å². The highest BCUT2D eigenvalue weighted by Gasteiger charge is 2.22. The van der Waals surface area contributed by atoms with E-state index < -0.39 is 0 Å². The Bertz CT molecular complexity index is 574. The second-order valence-electron chi connectivity index (χ2n) is 7.87. The fraction of sp³-hybridized carbons (Fsp3) is 0.667. The zero-order valence-electron chi connectivity index (χ0n) is 17.3. The first-order valence-electron chi connectivity index (χ1n) is 10.3. The van der Waals surface area contributed by atoms with Crippen molar-refractivity contribution in [1.29, 1.82) is 0 Å². The van der Waals surface area contributed by atoms with E-state index in [0.29, 0.717) is 6.04 Å². The Kier molecular flexibility index (Phi) is 7.50. The molecular weight excluding hydrogens is 336 g/mol. The maximum atomic E-state index is 4.54. The van der Waals surface area contributed by atoms with Gasteiger partial charge < -0.3 is 15.1 Å². The van der Waals surface area contributed by atoms with Crippen molar-refractivity contribution < 1.29 is 0 Å². The van der Waals surface area contributed by atoms with Crippen molar-refractivity contribution in [2.24, 2.45) is 4.99 Å². The molecule has 2 fully saturated rings. The van der Waals surface area contributed by atoms with Crippen LogP contribution >= 0.6 is 0 Å². The molecule has 6 heteroatoms. The second-order valence-corrected chi connectivity index (χ2v) is 7.87. The summed E-state index contributed by atoms with van der Waals surface area (Å²) in [6.45, 7) is 13.2. The van der Waals surface area contributed by atoms with Gasteiger partial charge in [0.15, 0.2) is 5.96 Å². The third-order valence-corrected chi connectivity index (χ3v) is 5.85. The number of hydrogen-bond donors (Lipinski definition) is 1. The van der Waals surface area contributed by atoms with Gasteiger partial charge in [0.2, 0.25) is 0 Å². The molecule has 6 nitrogen and oxygen atoms in total. The minimum absolute atomic E-state index is 0.537. The number of rotatable bonds is 5. The van der Waals surface area contributed by atoms with Crippen molar-refractivity contribution in [2.45, 2.75) is 19.5 Å². The molecule has 27 heavy (non-hydrogen) atoms. The molecule has 1 aromatic carbocycles. The molecule has 0 saturated carbocycles. The lowest BCUT2D eigenvalue weighted by Crippen LogP contribution is -2.55. The smallest absolute Gasteiger partial charge is 0.193 e. The van der Waals surface area contributed by atoms with Crippen LogP contribution in [0.25, 0.3) is 0 Å². The predicted octanol–water partition coefficient (Wildman–Crippen LogP) is 1.02. The van der Waals surface area contributed by atoms with Crippen LogP contribution in [0.15, 0.2) is 35.3 Å². The van der Waals surface area contributed by atoms with Crippen LogP contribution in [-0.2, 0) is 6.54 Å². The van der Waals surface area contributed by atoms with Crippen LogP contribution in [0.5, 0.6) is 0 Å². The lowest BCUT2D eigenvalue weighted by molar-refractivity contribution is 0.119. The third-order valence-electron chi connectivity index (χ3n) is 5.85. The summed E-state index contributed by atoms with van der Waals surface area (Å²) in [5, 5.41) is 3.61. The molecule has 0 spiro atoms. The second kappa shape index (κ2) is 10.1. The van der Waals surface area contributed by atoms with Crippen LogP contribution in [0.2, 0.25) is 0 Å². The number of benzene rings is 1. The fourth-order valence-corrected chi connectivity index (χ4v) is 3.92. The lowest BCUT2D eigenvalue weighted by Gasteiger charge is -2.39. The molecule has 0 radical (unpaired) electrons. The monoisotopic (exact) mass is 372 g/mol. The molecule has 0 aliphatic carbocycles. The van der Waals surface area contributed by atoms with E-state index in [0.717, 1.165) is 58.3 Å². The Labute approximate surface area is 164 Å². The van der Waals surface area contributed by atoms with E-state index in [-0.39, 0.29) is 0 Å². The summed E-state index contributed by atoms with van der Waals surface area (Å²) >= 11 is 0. The van der Waals surface area contributed by atoms with Gasteiger partial charge in [0, 0.05) is 78.5 Å². The van der Waals surface area contributed by atoms with E-state index in [1.54, 1.807) is 0 Å². The summed E-state index contributed by atoms with van der Waals surface area (Å²) in [6, 6.07) is 11.3. The molecule has 1 unspecified atom stereocenters. The van der Waals surface area contributed by atoms with Gasteiger partial charge in [-0.3, -0.25) is 14.8 Å². The largest absolute Gasteiger partial charge is 0.355 e. The molecule has 0 aromatic heterocycles. The molecule has 2 aliphatic rings. The summed E-state index contributed by atoms with van der Waals surface area (Å²) in [7, 11) is 4.11. The van der Waals surface area contributed by atoms with Crippen LogP contribution in [0.4, 0.5) is 0 Å². The molecule has 1 atom stereocenters. The number of guanidine groups is 1. The Morgan fingerprint density at radius 3 is 2.30 bits per heavy atom. The number of aliphatic imine (C=N–C) groups is 1. The summed E-state index contributed by atoms with van der Waals surface area (Å²) in [5.41, 5.74) is 1.40. The number of nitrogens with zero attached hydrogens (tertiary/aromatic N) is 5. The molecule has 0 bridgehead atoms. The predicted molar refractivity (Wildman–Crippen MR) is 113 cm³/mol. The SMILES string of the molecule is CN=C(NCC(C)N1CCN(C)CC1)N1CCN(Cc2ccccc2)CC1. The number of nitrogens with one attached hydrogen (secondary N) is 1. The average molecular weight is 373 g/mol. The van der Waals surface area contributed by atoms with Crippen LogP contribution in [0.1, 0.15) is 12.5 Å². The highest BCUT2D eigenvalue weighted by atomic mass is 15.4. The van der Waals surface area contributed by atoms with Crippen molar-refractivity contribution in [3.63, 3.8) is 0 Å². The van der Waals surface area contributed by atoms with E-state index in [2.05, 4.69) is 74.2 Å². The Morgan fingerprint density at radius 2 is 1.67 bits per heavy atom. The molecule has 1 aromatic rings. The Hall–Kier alpha value is -1.63. The maximum Gasteiger partial charge on any atom is 0.193 e. The van der Waals surface area contributed by atoms with Gasteiger partial charge in [-0.15, -0.1) is 0 Å². The average Bonchev–Trinajstić information content (AvgIpc) is 2.71. The highest BCUT2D eigenvalue weighted by molar-refractivity contribution is 5.80. The van der Waals surface area contributed by atoms with E-state index in [1.165, 1.54) is 18.7 Å². The van der Waals surface area contributed by atoms with Crippen LogP contribution < -0.4 is 5.32 Å². The van der Waals surface area contributed by atoms with Gasteiger partial charge >= 0.3 is 0 Å². The first kappa shape index (κ1) is 20.1. The minimum atomic E-state index is 0.537. The first-order valence-corrected chi connectivity index (χ1v) is 10.3. The van der Waals surface area contributed by atoms with E-state index in [9.17, 15) is 0 Å². The molecule has 3 rings (SSSR count). The van der Waals surface area contributed by atoms with Crippen molar-refractivity contribution in [3.05, 3.63) is 35.9 Å². The van der Waals surface area contributed by atoms with Gasteiger partial charge in [0.05, 0.1) is 0 Å². The zero-order valence-corrected chi connectivity index (χ0v) is 17.3. The fourth-order valence-electron chi connectivity index (χ4n) is 3.92. The maximum absolute atomic E-state index is 4.54. The van der Waals surface area contributed by atoms with Gasteiger partial charge in [-0.25, -0.2) is 0 Å². The van der Waals surface area contributed by atoms with Gasteiger partial charge in [-0.2, -0.15) is 0 Å². The van der Waals surface area contributed by atoms with Crippen molar-refractivity contribution >= 4 is 5.96 Å². The Morgan fingerprint density at radius 1 is 1.00 bits per heavy atom. The van der Waals surface area contributed by atoms with Crippen molar-refractivity contribution in [3.8, 4) is 0 Å². The molecular formula is C21H36N6. The van der Waals surface area contributed by atoms with Gasteiger partial charge in [-0.05, 0) is 19.5 Å². The molecule has 2 aliphatic heterocycles. The summed E-state index contributed by atoms with van der Waals surface area (Å²) in [6.07, 6.45) is 0. The van der Waals surface area contributed by atoms with Crippen LogP contribution in [0, 0.1) is 0 Å². The van der Waals surface area contributed by atoms with Crippen LogP contribution in [-0.4, -0.2) is 105 Å². The number of piperazine rings is 2. The van der Waals surface area contributed by atoms with E-state index in [1.807, 2.05) is 7.05 Å². The van der Waals surface area contributed by atoms with E-state index in [4.69, 9.17) is 0 Å². The third kappa shape index (κ3) is 5.92. The molecule has 2 saturated heterocycles. The number of hydrogen-bond acceptors (Lipinski definition) is 4.